The van der Waals surface area contributed by atoms with Crippen molar-refractivity contribution in [2.45, 2.75) is 6.54 Å². The van der Waals surface area contributed by atoms with E-state index in [9.17, 15) is 0 Å². The van der Waals surface area contributed by atoms with Gasteiger partial charge in [-0.05, 0) is 19.2 Å². The SMILES string of the molecule is CN1CCN(Cc2cnc3ccccn23)CC1. The second-order valence-electron chi connectivity index (χ2n) is 4.76. The quantitative estimate of drug-likeness (QED) is 0.771. The van der Waals surface area contributed by atoms with Crippen LogP contribution in [0.4, 0.5) is 0 Å². The van der Waals surface area contributed by atoms with Gasteiger partial charge in [-0.25, -0.2) is 4.98 Å². The van der Waals surface area contributed by atoms with Crippen molar-refractivity contribution < 1.29 is 0 Å². The number of hydrogen-bond donors (Lipinski definition) is 0. The third kappa shape index (κ3) is 2.18. The van der Waals surface area contributed by atoms with Gasteiger partial charge in [-0.1, -0.05) is 6.07 Å². The molecule has 4 heteroatoms. The largest absolute Gasteiger partial charge is 0.304 e. The maximum atomic E-state index is 4.42. The van der Waals surface area contributed by atoms with E-state index in [0.717, 1.165) is 38.4 Å². The third-order valence-electron chi connectivity index (χ3n) is 3.48. The molecule has 17 heavy (non-hydrogen) atoms. The van der Waals surface area contributed by atoms with Crippen LogP contribution in [0.2, 0.25) is 0 Å². The Hall–Kier alpha value is -1.39. The van der Waals surface area contributed by atoms with Crippen molar-refractivity contribution in [2.75, 3.05) is 33.2 Å². The molecule has 90 valence electrons. The molecule has 1 aliphatic heterocycles. The zero-order valence-electron chi connectivity index (χ0n) is 10.2. The van der Waals surface area contributed by atoms with E-state index in [1.807, 2.05) is 18.3 Å². The number of imidazole rings is 1. The minimum Gasteiger partial charge on any atom is -0.304 e. The Balaban J connectivity index is 1.76. The number of piperazine rings is 1. The van der Waals surface area contributed by atoms with E-state index in [1.54, 1.807) is 0 Å². The fourth-order valence-corrected chi connectivity index (χ4v) is 2.34. The van der Waals surface area contributed by atoms with Crippen LogP contribution in [0.5, 0.6) is 0 Å². The van der Waals surface area contributed by atoms with Gasteiger partial charge in [0.1, 0.15) is 5.65 Å². The first-order valence-corrected chi connectivity index (χ1v) is 6.15. The molecule has 2 aromatic heterocycles. The first kappa shape index (κ1) is 10.7. The van der Waals surface area contributed by atoms with E-state index in [2.05, 4.69) is 38.5 Å². The summed E-state index contributed by atoms with van der Waals surface area (Å²) in [6.45, 7) is 5.62. The average Bonchev–Trinajstić information content (AvgIpc) is 2.76. The second-order valence-corrected chi connectivity index (χ2v) is 4.76. The highest BCUT2D eigenvalue weighted by molar-refractivity contribution is 5.39. The Bertz CT molecular complexity index is 497. The minimum absolute atomic E-state index is 0.999. The molecule has 1 fully saturated rings. The Morgan fingerprint density at radius 1 is 1.18 bits per heavy atom. The molecule has 2 aromatic rings. The van der Waals surface area contributed by atoms with Gasteiger partial charge in [0.05, 0.1) is 11.9 Å². The molecule has 0 aliphatic carbocycles. The molecule has 0 spiro atoms. The predicted molar refractivity (Wildman–Crippen MR) is 68.0 cm³/mol. The molecule has 3 heterocycles. The summed E-state index contributed by atoms with van der Waals surface area (Å²) in [4.78, 5) is 9.30. The molecule has 1 saturated heterocycles. The monoisotopic (exact) mass is 230 g/mol. The normalized spacial score (nSPS) is 18.9. The Labute approximate surface area is 101 Å². The molecular weight excluding hydrogens is 212 g/mol. The Kier molecular flexibility index (Phi) is 2.82. The maximum Gasteiger partial charge on any atom is 0.136 e. The molecule has 0 bridgehead atoms. The fourth-order valence-electron chi connectivity index (χ4n) is 2.34. The number of hydrogen-bond acceptors (Lipinski definition) is 3. The van der Waals surface area contributed by atoms with Crippen LogP contribution < -0.4 is 0 Å². The smallest absolute Gasteiger partial charge is 0.136 e. The van der Waals surface area contributed by atoms with Crippen LogP contribution in [0.25, 0.3) is 5.65 Å². The lowest BCUT2D eigenvalue weighted by Gasteiger charge is -2.32. The summed E-state index contributed by atoms with van der Waals surface area (Å²) in [5.41, 5.74) is 2.32. The summed E-state index contributed by atoms with van der Waals surface area (Å²) in [5, 5.41) is 0. The van der Waals surface area contributed by atoms with Crippen molar-refractivity contribution in [3.63, 3.8) is 0 Å². The molecule has 4 nitrogen and oxygen atoms in total. The molecule has 0 saturated carbocycles. The van der Waals surface area contributed by atoms with Gasteiger partial charge in [0.15, 0.2) is 0 Å². The Morgan fingerprint density at radius 3 is 2.82 bits per heavy atom. The van der Waals surface area contributed by atoms with Crippen molar-refractivity contribution in [1.29, 1.82) is 0 Å². The molecule has 0 atom stereocenters. The van der Waals surface area contributed by atoms with Crippen LogP contribution >= 0.6 is 0 Å². The van der Waals surface area contributed by atoms with Crippen molar-refractivity contribution >= 4 is 5.65 Å². The number of aromatic nitrogens is 2. The minimum atomic E-state index is 0.999. The van der Waals surface area contributed by atoms with Crippen LogP contribution in [0.3, 0.4) is 0 Å². The zero-order valence-corrected chi connectivity index (χ0v) is 10.2. The highest BCUT2D eigenvalue weighted by atomic mass is 15.2. The Morgan fingerprint density at radius 2 is 2.00 bits per heavy atom. The van der Waals surface area contributed by atoms with Gasteiger partial charge in [0, 0.05) is 38.9 Å². The van der Waals surface area contributed by atoms with E-state index in [1.165, 1.54) is 5.69 Å². The van der Waals surface area contributed by atoms with Gasteiger partial charge < -0.3 is 9.30 Å². The molecule has 0 aromatic carbocycles. The molecule has 0 N–H and O–H groups in total. The summed E-state index contributed by atoms with van der Waals surface area (Å²) >= 11 is 0. The van der Waals surface area contributed by atoms with E-state index in [0.29, 0.717) is 0 Å². The third-order valence-corrected chi connectivity index (χ3v) is 3.48. The van der Waals surface area contributed by atoms with Crippen molar-refractivity contribution in [3.05, 3.63) is 36.3 Å². The zero-order chi connectivity index (χ0) is 11.7. The van der Waals surface area contributed by atoms with E-state index in [4.69, 9.17) is 0 Å². The van der Waals surface area contributed by atoms with Crippen LogP contribution in [0, 0.1) is 0 Å². The predicted octanol–water partition coefficient (Wildman–Crippen LogP) is 1.08. The van der Waals surface area contributed by atoms with Crippen LogP contribution in [0.15, 0.2) is 30.6 Å². The lowest BCUT2D eigenvalue weighted by atomic mass is 10.3. The van der Waals surface area contributed by atoms with Crippen LogP contribution in [-0.2, 0) is 6.54 Å². The molecule has 0 unspecified atom stereocenters. The highest BCUT2D eigenvalue weighted by Crippen LogP contribution is 2.10. The highest BCUT2D eigenvalue weighted by Gasteiger charge is 2.15. The van der Waals surface area contributed by atoms with Crippen molar-refractivity contribution in [3.8, 4) is 0 Å². The number of rotatable bonds is 2. The molecular formula is C13H18N4. The van der Waals surface area contributed by atoms with Crippen molar-refractivity contribution in [1.82, 2.24) is 19.2 Å². The second kappa shape index (κ2) is 4.47. The number of likely N-dealkylation sites (N-methyl/N-ethyl adjacent to an activating group) is 1. The van der Waals surface area contributed by atoms with Gasteiger partial charge in [0.2, 0.25) is 0 Å². The van der Waals surface area contributed by atoms with E-state index in [-0.39, 0.29) is 0 Å². The van der Waals surface area contributed by atoms with Crippen LogP contribution in [0.1, 0.15) is 5.69 Å². The number of fused-ring (bicyclic) bond motifs is 1. The number of nitrogens with zero attached hydrogens (tertiary/aromatic N) is 4. The first-order valence-electron chi connectivity index (χ1n) is 6.15. The molecule has 0 radical (unpaired) electrons. The van der Waals surface area contributed by atoms with Gasteiger partial charge in [0.25, 0.3) is 0 Å². The van der Waals surface area contributed by atoms with Crippen LogP contribution in [-0.4, -0.2) is 52.4 Å². The standard InChI is InChI=1S/C13H18N4/c1-15-6-8-16(9-7-15)11-12-10-14-13-4-2-3-5-17(12)13/h2-5,10H,6-9,11H2,1H3. The summed E-state index contributed by atoms with van der Waals surface area (Å²) in [5.74, 6) is 0. The van der Waals surface area contributed by atoms with Gasteiger partial charge in [-0.2, -0.15) is 0 Å². The van der Waals surface area contributed by atoms with Crippen molar-refractivity contribution in [2.24, 2.45) is 0 Å². The number of pyridine rings is 1. The molecule has 1 aliphatic rings. The summed E-state index contributed by atoms with van der Waals surface area (Å²) < 4.78 is 2.18. The van der Waals surface area contributed by atoms with Gasteiger partial charge >= 0.3 is 0 Å². The fraction of sp³-hybridized carbons (Fsp3) is 0.462. The summed E-state index contributed by atoms with van der Waals surface area (Å²) in [7, 11) is 2.19. The molecule has 3 rings (SSSR count). The molecule has 0 amide bonds. The van der Waals surface area contributed by atoms with Gasteiger partial charge in [-0.15, -0.1) is 0 Å². The topological polar surface area (TPSA) is 23.8 Å². The maximum absolute atomic E-state index is 4.42. The lowest BCUT2D eigenvalue weighted by molar-refractivity contribution is 0.146. The lowest BCUT2D eigenvalue weighted by Crippen LogP contribution is -2.44. The first-order chi connectivity index (χ1) is 8.33. The van der Waals surface area contributed by atoms with Gasteiger partial charge in [-0.3, -0.25) is 4.90 Å². The summed E-state index contributed by atoms with van der Waals surface area (Å²) in [6, 6.07) is 6.14. The van der Waals surface area contributed by atoms with E-state index < -0.39 is 0 Å². The average molecular weight is 230 g/mol. The summed E-state index contributed by atoms with van der Waals surface area (Å²) in [6.07, 6.45) is 4.08. The van der Waals surface area contributed by atoms with E-state index >= 15 is 0 Å².